The summed E-state index contributed by atoms with van der Waals surface area (Å²) in [4.78, 5) is 22.3. The number of carbonyl (C=O) groups is 1. The zero-order chi connectivity index (χ0) is 22.1. The number of carbonyl (C=O) groups excluding carboxylic acids is 1. The summed E-state index contributed by atoms with van der Waals surface area (Å²) in [6, 6.07) is 4.17. The number of hydrogen-bond donors (Lipinski definition) is 1. The van der Waals surface area contributed by atoms with Crippen LogP contribution in [0.25, 0.3) is 0 Å². The highest BCUT2D eigenvalue weighted by atomic mass is 35.5. The molecule has 0 bridgehead atoms. The van der Waals surface area contributed by atoms with Crippen LogP contribution >= 0.6 is 11.6 Å². The van der Waals surface area contributed by atoms with Gasteiger partial charge in [0.2, 0.25) is 5.91 Å². The van der Waals surface area contributed by atoms with Gasteiger partial charge in [0, 0.05) is 25.7 Å². The molecule has 1 amide bonds. The lowest BCUT2D eigenvalue weighted by molar-refractivity contribution is -0.141. The molecule has 0 unspecified atom stereocenters. The third-order valence-corrected chi connectivity index (χ3v) is 4.94. The first kappa shape index (κ1) is 22.3. The van der Waals surface area contributed by atoms with Gasteiger partial charge in [0.15, 0.2) is 5.82 Å². The summed E-state index contributed by atoms with van der Waals surface area (Å²) in [5, 5.41) is 3.11. The van der Waals surface area contributed by atoms with Gasteiger partial charge in [-0.2, -0.15) is 13.2 Å². The van der Waals surface area contributed by atoms with Gasteiger partial charge in [0.1, 0.15) is 5.69 Å². The van der Waals surface area contributed by atoms with Crippen molar-refractivity contribution in [1.29, 1.82) is 0 Å². The zero-order valence-electron chi connectivity index (χ0n) is 17.1. The maximum atomic E-state index is 12.7. The van der Waals surface area contributed by atoms with Crippen LogP contribution in [0, 0.1) is 5.41 Å². The third kappa shape index (κ3) is 5.62. The third-order valence-electron chi connectivity index (χ3n) is 4.65. The molecule has 5 nitrogen and oxygen atoms in total. The van der Waals surface area contributed by atoms with E-state index in [9.17, 15) is 18.0 Å². The summed E-state index contributed by atoms with van der Waals surface area (Å²) in [5.74, 6) is 0.183. The van der Waals surface area contributed by atoms with E-state index in [-0.39, 0.29) is 11.3 Å². The SMILES string of the molecule is CC(C)(C)CC(=O)Nc1nc2c(cc1Cl)N(Cc1ccc(C(F)(F)F)nc1)CCC2. The van der Waals surface area contributed by atoms with E-state index in [1.54, 1.807) is 6.07 Å². The van der Waals surface area contributed by atoms with E-state index in [1.165, 1.54) is 12.3 Å². The number of rotatable bonds is 4. The maximum absolute atomic E-state index is 12.7. The lowest BCUT2D eigenvalue weighted by Gasteiger charge is -2.31. The fourth-order valence-corrected chi connectivity index (χ4v) is 3.54. The highest BCUT2D eigenvalue weighted by Gasteiger charge is 2.32. The van der Waals surface area contributed by atoms with Crippen LogP contribution in [0.5, 0.6) is 0 Å². The van der Waals surface area contributed by atoms with Gasteiger partial charge in [-0.25, -0.2) is 4.98 Å². The lowest BCUT2D eigenvalue weighted by atomic mass is 9.92. The smallest absolute Gasteiger partial charge is 0.366 e. The number of alkyl halides is 3. The van der Waals surface area contributed by atoms with E-state index in [0.29, 0.717) is 29.4 Å². The Bertz CT molecular complexity index is 924. The molecule has 30 heavy (non-hydrogen) atoms. The molecule has 0 radical (unpaired) electrons. The van der Waals surface area contributed by atoms with Gasteiger partial charge in [0.25, 0.3) is 0 Å². The van der Waals surface area contributed by atoms with Crippen molar-refractivity contribution in [1.82, 2.24) is 9.97 Å². The number of nitrogens with zero attached hydrogens (tertiary/aromatic N) is 3. The first-order valence-electron chi connectivity index (χ1n) is 9.69. The monoisotopic (exact) mass is 440 g/mol. The van der Waals surface area contributed by atoms with E-state index < -0.39 is 11.9 Å². The highest BCUT2D eigenvalue weighted by Crippen LogP contribution is 2.34. The summed E-state index contributed by atoms with van der Waals surface area (Å²) in [5.41, 5.74) is 1.22. The van der Waals surface area contributed by atoms with Gasteiger partial charge in [0.05, 0.1) is 16.4 Å². The van der Waals surface area contributed by atoms with Crippen LogP contribution in [0.2, 0.25) is 5.02 Å². The number of hydrogen-bond acceptors (Lipinski definition) is 4. The predicted octanol–water partition coefficient (Wildman–Crippen LogP) is 5.48. The minimum absolute atomic E-state index is 0.152. The minimum Gasteiger partial charge on any atom is -0.366 e. The molecule has 2 aromatic rings. The summed E-state index contributed by atoms with van der Waals surface area (Å²) in [6.07, 6.45) is -1.30. The van der Waals surface area contributed by atoms with E-state index >= 15 is 0 Å². The summed E-state index contributed by atoms with van der Waals surface area (Å²) in [7, 11) is 0. The van der Waals surface area contributed by atoms with E-state index in [1.807, 2.05) is 25.7 Å². The molecule has 9 heteroatoms. The quantitative estimate of drug-likeness (QED) is 0.684. The fraction of sp³-hybridized carbons (Fsp3) is 0.476. The topological polar surface area (TPSA) is 58.1 Å². The number of aryl methyl sites for hydroxylation is 1. The van der Waals surface area contributed by atoms with Crippen molar-refractivity contribution in [3.8, 4) is 0 Å². The van der Waals surface area contributed by atoms with Crippen LogP contribution < -0.4 is 10.2 Å². The molecule has 2 aromatic heterocycles. The molecule has 0 saturated carbocycles. The summed E-state index contributed by atoms with van der Waals surface area (Å²) in [6.45, 7) is 7.04. The molecular weight excluding hydrogens is 417 g/mol. The second kappa shape index (κ2) is 8.41. The molecule has 3 heterocycles. The Labute approximate surface area is 178 Å². The summed E-state index contributed by atoms with van der Waals surface area (Å²) >= 11 is 6.37. The Balaban J connectivity index is 1.77. The Morgan fingerprint density at radius 2 is 2.00 bits per heavy atom. The van der Waals surface area contributed by atoms with Gasteiger partial charge in [-0.05, 0) is 36.0 Å². The number of halogens is 4. The van der Waals surface area contributed by atoms with Gasteiger partial charge < -0.3 is 10.2 Å². The van der Waals surface area contributed by atoms with Crippen molar-refractivity contribution < 1.29 is 18.0 Å². The molecule has 0 aliphatic carbocycles. The number of fused-ring (bicyclic) bond motifs is 1. The Kier molecular flexibility index (Phi) is 6.26. The van der Waals surface area contributed by atoms with Crippen LogP contribution in [0.4, 0.5) is 24.7 Å². The Hall–Kier alpha value is -2.35. The fourth-order valence-electron chi connectivity index (χ4n) is 3.35. The van der Waals surface area contributed by atoms with Crippen molar-refractivity contribution in [3.63, 3.8) is 0 Å². The average Bonchev–Trinajstić information content (AvgIpc) is 2.61. The minimum atomic E-state index is -4.46. The average molecular weight is 441 g/mol. The molecule has 0 saturated heterocycles. The number of amides is 1. The van der Waals surface area contributed by atoms with Crippen molar-refractivity contribution in [2.24, 2.45) is 5.41 Å². The van der Waals surface area contributed by atoms with Crippen molar-refractivity contribution in [3.05, 3.63) is 46.4 Å². The Morgan fingerprint density at radius 1 is 1.27 bits per heavy atom. The second-order valence-electron chi connectivity index (χ2n) is 8.64. The normalized spacial score (nSPS) is 14.4. The molecule has 0 fully saturated rings. The second-order valence-corrected chi connectivity index (χ2v) is 9.05. The molecule has 1 aliphatic heterocycles. The summed E-state index contributed by atoms with van der Waals surface area (Å²) < 4.78 is 38.1. The largest absolute Gasteiger partial charge is 0.433 e. The van der Waals surface area contributed by atoms with Gasteiger partial charge in [-0.1, -0.05) is 38.4 Å². The molecule has 1 N–H and O–H groups in total. The molecule has 0 atom stereocenters. The van der Waals surface area contributed by atoms with Crippen LogP contribution in [-0.4, -0.2) is 22.4 Å². The zero-order valence-corrected chi connectivity index (χ0v) is 17.9. The first-order valence-corrected chi connectivity index (χ1v) is 10.1. The van der Waals surface area contributed by atoms with Crippen molar-refractivity contribution in [2.75, 3.05) is 16.8 Å². The Morgan fingerprint density at radius 3 is 2.60 bits per heavy atom. The molecular formula is C21H24ClF3N4O. The van der Waals surface area contributed by atoms with Crippen LogP contribution in [-0.2, 0) is 23.9 Å². The molecule has 3 rings (SSSR count). The molecule has 0 spiro atoms. The standard InChI is InChI=1S/C21H24ClF3N4O/c1-20(2,3)10-18(30)28-19-14(22)9-16-15(27-19)5-4-8-29(16)12-13-6-7-17(26-11-13)21(23,24)25/h6-7,9,11H,4-5,8,10,12H2,1-3H3,(H,27,28,30). The number of anilines is 2. The predicted molar refractivity (Wildman–Crippen MR) is 111 cm³/mol. The number of pyridine rings is 2. The van der Waals surface area contributed by atoms with Gasteiger partial charge in [-0.15, -0.1) is 0 Å². The van der Waals surface area contributed by atoms with Crippen LogP contribution in [0.15, 0.2) is 24.4 Å². The number of nitrogens with one attached hydrogen (secondary N) is 1. The first-order chi connectivity index (χ1) is 13.9. The molecule has 0 aromatic carbocycles. The number of aromatic nitrogens is 2. The maximum Gasteiger partial charge on any atom is 0.433 e. The van der Waals surface area contributed by atoms with Crippen molar-refractivity contribution >= 4 is 29.0 Å². The lowest BCUT2D eigenvalue weighted by Crippen LogP contribution is -2.30. The highest BCUT2D eigenvalue weighted by molar-refractivity contribution is 6.33. The van der Waals surface area contributed by atoms with Gasteiger partial charge in [-0.3, -0.25) is 9.78 Å². The molecule has 162 valence electrons. The van der Waals surface area contributed by atoms with Crippen molar-refractivity contribution in [2.45, 2.75) is 52.8 Å². The molecule has 1 aliphatic rings. The van der Waals surface area contributed by atoms with Crippen LogP contribution in [0.1, 0.15) is 50.6 Å². The van der Waals surface area contributed by atoms with E-state index in [4.69, 9.17) is 11.6 Å². The van der Waals surface area contributed by atoms with E-state index in [2.05, 4.69) is 15.3 Å². The van der Waals surface area contributed by atoms with Crippen LogP contribution in [0.3, 0.4) is 0 Å². The van der Waals surface area contributed by atoms with E-state index in [0.717, 1.165) is 36.8 Å². The van der Waals surface area contributed by atoms with Gasteiger partial charge >= 0.3 is 6.18 Å².